The lowest BCUT2D eigenvalue weighted by Gasteiger charge is -2.27. The molecule has 1 aliphatic rings. The number of carbonyl (C=O) groups excluding carboxylic acids is 1. The number of hydrogen-bond donors (Lipinski definition) is 5. The summed E-state index contributed by atoms with van der Waals surface area (Å²) in [6.45, 7) is 2.68. The predicted octanol–water partition coefficient (Wildman–Crippen LogP) is 2.37. The average molecular weight is 464 g/mol. The van der Waals surface area contributed by atoms with E-state index in [4.69, 9.17) is 16.9 Å². The molecule has 0 saturated carbocycles. The van der Waals surface area contributed by atoms with Crippen molar-refractivity contribution in [1.82, 2.24) is 20.5 Å². The first kappa shape index (κ1) is 23.6. The molecule has 0 spiro atoms. The number of nitrogens with two attached hydrogens (primary N) is 2. The summed E-state index contributed by atoms with van der Waals surface area (Å²) in [6.07, 6.45) is 0.573. The predicted molar refractivity (Wildman–Crippen MR) is 123 cm³/mol. The second-order valence-electron chi connectivity index (χ2n) is 7.57. The van der Waals surface area contributed by atoms with E-state index in [0.717, 1.165) is 23.1 Å². The number of thiazole rings is 1. The molecular weight excluding hydrogens is 436 g/mol. The third-order valence-electron chi connectivity index (χ3n) is 5.29. The van der Waals surface area contributed by atoms with Crippen LogP contribution in [0.4, 0.5) is 13.8 Å². The Bertz CT molecular complexity index is 1030. The number of aryl methyl sites for hydroxylation is 1. The van der Waals surface area contributed by atoms with Crippen molar-refractivity contribution in [1.29, 1.82) is 5.41 Å². The average Bonchev–Trinajstić information content (AvgIpc) is 3.08. The van der Waals surface area contributed by atoms with Crippen LogP contribution in [0.2, 0.25) is 0 Å². The summed E-state index contributed by atoms with van der Waals surface area (Å²) < 4.78 is 28.2. The Morgan fingerprint density at radius 2 is 2.09 bits per heavy atom. The number of hydrogen-bond acceptors (Lipinski definition) is 8. The van der Waals surface area contributed by atoms with Crippen molar-refractivity contribution in [3.05, 3.63) is 46.8 Å². The third-order valence-corrected chi connectivity index (χ3v) is 6.21. The van der Waals surface area contributed by atoms with Gasteiger partial charge in [0.2, 0.25) is 0 Å². The van der Waals surface area contributed by atoms with Crippen LogP contribution >= 0.6 is 11.3 Å². The van der Waals surface area contributed by atoms with Crippen LogP contribution in [0.5, 0.6) is 0 Å². The molecule has 2 aromatic rings. The highest BCUT2D eigenvalue weighted by Crippen LogP contribution is 2.32. The molecule has 1 aromatic heterocycles. The first-order valence-corrected chi connectivity index (χ1v) is 11.0. The highest BCUT2D eigenvalue weighted by molar-refractivity contribution is 7.19. The Kier molecular flexibility index (Phi) is 7.41. The minimum absolute atomic E-state index is 0.0533. The lowest BCUT2D eigenvalue weighted by atomic mass is 10.1. The van der Waals surface area contributed by atoms with Crippen LogP contribution < -0.4 is 22.1 Å². The summed E-state index contributed by atoms with van der Waals surface area (Å²) in [5.74, 6) is -0.619. The Morgan fingerprint density at radius 3 is 2.78 bits per heavy atom. The van der Waals surface area contributed by atoms with Gasteiger partial charge in [-0.25, -0.2) is 13.8 Å². The van der Waals surface area contributed by atoms with Gasteiger partial charge in [-0.05, 0) is 31.9 Å². The lowest BCUT2D eigenvalue weighted by Crippen LogP contribution is -2.37. The minimum atomic E-state index is -1.11. The molecular formula is C21H27F2N7OS. The number of allylic oxidation sites excluding steroid dienone is 1. The number of rotatable bonds is 6. The summed E-state index contributed by atoms with van der Waals surface area (Å²) in [6, 6.07) is 4.07. The van der Waals surface area contributed by atoms with Crippen LogP contribution in [0.1, 0.15) is 28.9 Å². The van der Waals surface area contributed by atoms with E-state index in [1.54, 1.807) is 19.2 Å². The maximum Gasteiger partial charge on any atom is 0.277 e. The molecule has 7 N–H and O–H groups in total. The van der Waals surface area contributed by atoms with E-state index in [0.29, 0.717) is 30.3 Å². The lowest BCUT2D eigenvalue weighted by molar-refractivity contribution is 0.0963. The minimum Gasteiger partial charge on any atom is -0.389 e. The van der Waals surface area contributed by atoms with Crippen LogP contribution in [0, 0.1) is 18.2 Å². The van der Waals surface area contributed by atoms with E-state index in [2.05, 4.69) is 15.6 Å². The number of nitrogens with zero attached hydrogens (tertiary/aromatic N) is 2. The molecule has 1 saturated heterocycles. The summed E-state index contributed by atoms with van der Waals surface area (Å²) in [5.41, 5.74) is 13.1. The van der Waals surface area contributed by atoms with Gasteiger partial charge in [0, 0.05) is 38.0 Å². The standard InChI is InChI=1S/C21H27F2N7OS/c1-11-3-4-13(22)12(9-11)21-29-17(18(26)32-21)20(31)28-16(10-24)19(27-2)30-7-5-14(23)15(25)6-8-30/h3-4,9-10,14-15,24,27H,5-8,25-26H2,1-2H3,(H,28,31)/b19-16-,24-10?. The van der Waals surface area contributed by atoms with Gasteiger partial charge in [0.15, 0.2) is 5.69 Å². The van der Waals surface area contributed by atoms with Crippen molar-refractivity contribution in [2.75, 3.05) is 25.9 Å². The second kappa shape index (κ2) is 10.0. The molecule has 172 valence electrons. The number of alkyl halides is 1. The van der Waals surface area contributed by atoms with E-state index in [-0.39, 0.29) is 28.4 Å². The van der Waals surface area contributed by atoms with Crippen molar-refractivity contribution >= 4 is 28.5 Å². The highest BCUT2D eigenvalue weighted by Gasteiger charge is 2.26. The first-order chi connectivity index (χ1) is 15.2. The second-order valence-corrected chi connectivity index (χ2v) is 8.60. The molecule has 1 fully saturated rings. The Hall–Kier alpha value is -3.05. The molecule has 0 aliphatic carbocycles. The number of aromatic nitrogens is 1. The van der Waals surface area contributed by atoms with Gasteiger partial charge in [-0.2, -0.15) is 0 Å². The Balaban J connectivity index is 1.86. The van der Waals surface area contributed by atoms with Gasteiger partial charge < -0.3 is 32.4 Å². The van der Waals surface area contributed by atoms with E-state index in [1.807, 2.05) is 11.8 Å². The van der Waals surface area contributed by atoms with Gasteiger partial charge in [0.25, 0.3) is 5.91 Å². The van der Waals surface area contributed by atoms with Gasteiger partial charge in [0.05, 0.1) is 5.70 Å². The maximum atomic E-state index is 14.2. The number of halogens is 2. The highest BCUT2D eigenvalue weighted by atomic mass is 32.1. The number of likely N-dealkylation sites (tertiary alicyclic amines) is 1. The molecule has 0 radical (unpaired) electrons. The largest absolute Gasteiger partial charge is 0.389 e. The topological polar surface area (TPSA) is 133 Å². The zero-order chi connectivity index (χ0) is 23.4. The number of benzene rings is 1. The fraction of sp³-hybridized carbons (Fsp3) is 0.381. The molecule has 2 unspecified atom stereocenters. The molecule has 3 rings (SSSR count). The first-order valence-electron chi connectivity index (χ1n) is 10.2. The number of anilines is 1. The Morgan fingerprint density at radius 1 is 1.38 bits per heavy atom. The summed E-state index contributed by atoms with van der Waals surface area (Å²) >= 11 is 1.01. The SMILES string of the molecule is CN/C(=C(\C=N)NC(=O)c1nc(-c2cc(C)ccc2F)sc1N)N1CCC(N)C(F)CC1. The fourth-order valence-corrected chi connectivity index (χ4v) is 4.38. The fourth-order valence-electron chi connectivity index (χ4n) is 3.54. The summed E-state index contributed by atoms with van der Waals surface area (Å²) in [5, 5.41) is 13.8. The van der Waals surface area contributed by atoms with Crippen LogP contribution in [0.15, 0.2) is 29.7 Å². The van der Waals surface area contributed by atoms with Gasteiger partial charge >= 0.3 is 0 Å². The van der Waals surface area contributed by atoms with E-state index < -0.39 is 23.9 Å². The molecule has 11 heteroatoms. The van der Waals surface area contributed by atoms with Crippen molar-refractivity contribution in [3.63, 3.8) is 0 Å². The molecule has 0 bridgehead atoms. The van der Waals surface area contributed by atoms with Crippen molar-refractivity contribution in [3.8, 4) is 10.6 Å². The number of nitrogens with one attached hydrogen (secondary N) is 3. The normalized spacial score (nSPS) is 19.7. The zero-order valence-electron chi connectivity index (χ0n) is 17.9. The van der Waals surface area contributed by atoms with Gasteiger partial charge in [-0.3, -0.25) is 4.79 Å². The molecule has 8 nitrogen and oxygen atoms in total. The monoisotopic (exact) mass is 463 g/mol. The quantitative estimate of drug-likeness (QED) is 0.418. The smallest absolute Gasteiger partial charge is 0.277 e. The van der Waals surface area contributed by atoms with Crippen molar-refractivity contribution in [2.24, 2.45) is 5.73 Å². The molecule has 1 amide bonds. The van der Waals surface area contributed by atoms with E-state index in [1.165, 1.54) is 6.07 Å². The van der Waals surface area contributed by atoms with Gasteiger partial charge in [0.1, 0.15) is 27.8 Å². The molecule has 32 heavy (non-hydrogen) atoms. The van der Waals surface area contributed by atoms with Crippen molar-refractivity contribution in [2.45, 2.75) is 32.0 Å². The third kappa shape index (κ3) is 5.05. The van der Waals surface area contributed by atoms with E-state index in [9.17, 15) is 13.6 Å². The number of carbonyl (C=O) groups is 1. The van der Waals surface area contributed by atoms with Gasteiger partial charge in [-0.1, -0.05) is 23.0 Å². The molecule has 2 heterocycles. The molecule has 1 aliphatic heterocycles. The molecule has 1 aromatic carbocycles. The number of amides is 1. The van der Waals surface area contributed by atoms with E-state index >= 15 is 0 Å². The van der Waals surface area contributed by atoms with Crippen LogP contribution in [0.3, 0.4) is 0 Å². The maximum absolute atomic E-state index is 14.2. The van der Waals surface area contributed by atoms with Crippen LogP contribution in [0.25, 0.3) is 10.6 Å². The number of nitrogen functional groups attached to an aromatic ring is 1. The Labute approximate surface area is 189 Å². The summed E-state index contributed by atoms with van der Waals surface area (Å²) in [7, 11) is 1.65. The van der Waals surface area contributed by atoms with Crippen LogP contribution in [-0.4, -0.2) is 54.4 Å². The van der Waals surface area contributed by atoms with Crippen molar-refractivity contribution < 1.29 is 13.6 Å². The van der Waals surface area contributed by atoms with Gasteiger partial charge in [-0.15, -0.1) is 0 Å². The summed E-state index contributed by atoms with van der Waals surface area (Å²) in [4.78, 5) is 19.0. The zero-order valence-corrected chi connectivity index (χ0v) is 18.7. The van der Waals surface area contributed by atoms with Crippen LogP contribution in [-0.2, 0) is 0 Å². The molecule has 2 atom stereocenters.